The number of nitrogens with one attached hydrogen (secondary N) is 1. The number of hydrogen-bond donors (Lipinski definition) is 2. The van der Waals surface area contributed by atoms with Crippen molar-refractivity contribution in [2.24, 2.45) is 15.3 Å². The van der Waals surface area contributed by atoms with Crippen molar-refractivity contribution in [1.82, 2.24) is 9.78 Å². The van der Waals surface area contributed by atoms with E-state index in [4.69, 9.17) is 9.47 Å². The molecule has 0 radical (unpaired) electrons. The number of azo groups is 1. The van der Waals surface area contributed by atoms with Gasteiger partial charge in [-0.3, -0.25) is 14.7 Å². The molecule has 49 heavy (non-hydrogen) atoms. The monoisotopic (exact) mass is 660 g/mol. The maximum atomic E-state index is 13.1. The second kappa shape index (κ2) is 15.5. The first-order chi connectivity index (χ1) is 23.6. The number of aromatic hydroxyl groups is 1. The molecule has 0 bridgehead atoms. The number of anilines is 1. The molecule has 0 atom stereocenters. The number of phenols is 1. The number of carbonyl (C=O) groups excluding carboxylic acids is 1. The van der Waals surface area contributed by atoms with Gasteiger partial charge in [0, 0.05) is 19.8 Å². The van der Waals surface area contributed by atoms with Gasteiger partial charge >= 0.3 is 0 Å². The summed E-state index contributed by atoms with van der Waals surface area (Å²) in [6, 6.07) is 26.4. The Morgan fingerprint density at radius 1 is 0.776 bits per heavy atom. The van der Waals surface area contributed by atoms with Gasteiger partial charge in [0.25, 0.3) is 11.5 Å². The lowest BCUT2D eigenvalue weighted by molar-refractivity contribution is -0.116. The number of aromatic nitrogens is 2. The van der Waals surface area contributed by atoms with Gasteiger partial charge in [0.1, 0.15) is 5.69 Å². The highest BCUT2D eigenvalue weighted by Gasteiger charge is 2.25. The molecule has 4 aromatic carbocycles. The summed E-state index contributed by atoms with van der Waals surface area (Å²) >= 11 is 0. The van der Waals surface area contributed by atoms with Crippen LogP contribution in [0.5, 0.6) is 5.75 Å². The highest BCUT2D eigenvalue weighted by atomic mass is 16.5. The maximum Gasteiger partial charge on any atom is 0.299 e. The lowest BCUT2D eigenvalue weighted by atomic mass is 10.0. The molecule has 6 rings (SSSR count). The molecule has 1 aromatic heterocycles. The SMILES string of the molecule is COCC1=NN(c2ccc(C)c(C)c2)C(=O)C1.COCc1[nH]n(-c2ccc(C)c(C)c2)c(=O)c1N=Nc1cccc(-c2ccccc2)c1O. The van der Waals surface area contributed by atoms with Crippen molar-refractivity contribution < 1.29 is 19.4 Å². The lowest BCUT2D eigenvalue weighted by Gasteiger charge is -2.13. The van der Waals surface area contributed by atoms with Crippen LogP contribution in [0.2, 0.25) is 0 Å². The Kier molecular flexibility index (Phi) is 11.0. The van der Waals surface area contributed by atoms with E-state index in [0.717, 1.165) is 33.7 Å². The predicted octanol–water partition coefficient (Wildman–Crippen LogP) is 7.76. The number of H-pyrrole nitrogens is 1. The molecule has 0 spiro atoms. The second-order valence-electron chi connectivity index (χ2n) is 11.8. The molecule has 252 valence electrons. The highest BCUT2D eigenvalue weighted by Crippen LogP contribution is 2.37. The number of aromatic amines is 1. The summed E-state index contributed by atoms with van der Waals surface area (Å²) in [7, 11) is 3.15. The number of carbonyl (C=O) groups is 1. The fourth-order valence-electron chi connectivity index (χ4n) is 5.22. The normalized spacial score (nSPS) is 12.7. The minimum Gasteiger partial charge on any atom is -0.505 e. The fourth-order valence-corrected chi connectivity index (χ4v) is 5.22. The van der Waals surface area contributed by atoms with E-state index in [1.807, 2.05) is 100 Å². The van der Waals surface area contributed by atoms with Crippen LogP contribution in [0, 0.1) is 27.7 Å². The highest BCUT2D eigenvalue weighted by molar-refractivity contribution is 6.13. The summed E-state index contributed by atoms with van der Waals surface area (Å²) in [6.45, 7) is 8.66. The van der Waals surface area contributed by atoms with E-state index in [0.29, 0.717) is 30.0 Å². The zero-order valence-electron chi connectivity index (χ0n) is 28.5. The van der Waals surface area contributed by atoms with Crippen LogP contribution < -0.4 is 10.6 Å². The number of phenolic OH excluding ortho intramolecular Hbond substituents is 1. The topological polar surface area (TPSA) is 134 Å². The van der Waals surface area contributed by atoms with E-state index in [2.05, 4.69) is 20.4 Å². The summed E-state index contributed by atoms with van der Waals surface area (Å²) in [5.41, 5.74) is 8.94. The Morgan fingerprint density at radius 3 is 2.08 bits per heavy atom. The summed E-state index contributed by atoms with van der Waals surface area (Å²) < 4.78 is 11.7. The molecule has 1 amide bonds. The predicted molar refractivity (Wildman–Crippen MR) is 192 cm³/mol. The van der Waals surface area contributed by atoms with Crippen LogP contribution in [0.25, 0.3) is 16.8 Å². The molecular formula is C38H40N6O5. The molecule has 0 unspecified atom stereocenters. The van der Waals surface area contributed by atoms with Gasteiger partial charge in [-0.2, -0.15) is 5.10 Å². The first-order valence-corrected chi connectivity index (χ1v) is 15.8. The van der Waals surface area contributed by atoms with Crippen molar-refractivity contribution >= 4 is 28.7 Å². The van der Waals surface area contributed by atoms with E-state index >= 15 is 0 Å². The van der Waals surface area contributed by atoms with E-state index < -0.39 is 0 Å². The molecule has 0 saturated carbocycles. The number of nitrogens with zero attached hydrogens (tertiary/aromatic N) is 5. The average molecular weight is 661 g/mol. The Hall–Kier alpha value is -5.65. The number of rotatable bonds is 9. The summed E-state index contributed by atoms with van der Waals surface area (Å²) in [5.74, 6) is 0.000986. The third-order valence-corrected chi connectivity index (χ3v) is 8.21. The van der Waals surface area contributed by atoms with Crippen molar-refractivity contribution in [3.63, 3.8) is 0 Å². The Balaban J connectivity index is 0.000000232. The molecule has 11 heteroatoms. The molecule has 11 nitrogen and oxygen atoms in total. The van der Waals surface area contributed by atoms with Crippen molar-refractivity contribution in [2.45, 2.75) is 40.7 Å². The lowest BCUT2D eigenvalue weighted by Crippen LogP contribution is -2.19. The minimum absolute atomic E-state index is 0.000281. The van der Waals surface area contributed by atoms with Crippen LogP contribution >= 0.6 is 0 Å². The van der Waals surface area contributed by atoms with E-state index in [1.165, 1.54) is 15.3 Å². The number of para-hydroxylation sites is 1. The van der Waals surface area contributed by atoms with E-state index in [-0.39, 0.29) is 35.2 Å². The van der Waals surface area contributed by atoms with Gasteiger partial charge in [0.15, 0.2) is 11.4 Å². The van der Waals surface area contributed by atoms with Crippen LogP contribution in [0.3, 0.4) is 0 Å². The van der Waals surface area contributed by atoms with Crippen LogP contribution in [0.1, 0.15) is 34.4 Å². The van der Waals surface area contributed by atoms with Gasteiger partial charge in [-0.25, -0.2) is 9.69 Å². The number of aryl methyl sites for hydroxylation is 4. The van der Waals surface area contributed by atoms with Gasteiger partial charge in [0.2, 0.25) is 0 Å². The van der Waals surface area contributed by atoms with Crippen molar-refractivity contribution in [1.29, 1.82) is 0 Å². The number of hydrazone groups is 1. The molecule has 1 aliphatic rings. The second-order valence-corrected chi connectivity index (χ2v) is 11.8. The van der Waals surface area contributed by atoms with Gasteiger partial charge in [0.05, 0.1) is 42.4 Å². The first kappa shape index (κ1) is 34.7. The average Bonchev–Trinajstić information content (AvgIpc) is 3.62. The fraction of sp³-hybridized carbons (Fsp3) is 0.237. The third-order valence-electron chi connectivity index (χ3n) is 8.21. The summed E-state index contributed by atoms with van der Waals surface area (Å²) in [6.07, 6.45) is 0.348. The van der Waals surface area contributed by atoms with Gasteiger partial charge in [-0.15, -0.1) is 10.2 Å². The van der Waals surface area contributed by atoms with Crippen LogP contribution in [0.4, 0.5) is 17.1 Å². The smallest absolute Gasteiger partial charge is 0.299 e. The summed E-state index contributed by atoms with van der Waals surface area (Å²) in [4.78, 5) is 24.9. The largest absolute Gasteiger partial charge is 0.505 e. The van der Waals surface area contributed by atoms with Crippen molar-refractivity contribution in [3.8, 4) is 22.6 Å². The zero-order chi connectivity index (χ0) is 35.1. The molecular weight excluding hydrogens is 620 g/mol. The number of ether oxygens (including phenoxy) is 2. The number of hydrogen-bond acceptors (Lipinski definition) is 8. The molecule has 2 N–H and O–H groups in total. The molecule has 2 heterocycles. The Morgan fingerprint density at radius 2 is 1.43 bits per heavy atom. The molecule has 5 aromatic rings. The summed E-state index contributed by atoms with van der Waals surface area (Å²) in [5, 5.41) is 27.9. The van der Waals surface area contributed by atoms with Crippen LogP contribution in [-0.4, -0.2) is 47.3 Å². The number of methoxy groups -OCH3 is 2. The zero-order valence-corrected chi connectivity index (χ0v) is 28.5. The first-order valence-electron chi connectivity index (χ1n) is 15.8. The quantitative estimate of drug-likeness (QED) is 0.156. The Labute approximate surface area is 285 Å². The molecule has 1 aliphatic heterocycles. The number of benzene rings is 4. The Bertz CT molecular complexity index is 2080. The van der Waals surface area contributed by atoms with E-state index in [9.17, 15) is 14.7 Å². The standard InChI is InChI=1S/C25H24N4O3.C13H16N2O2/c1-16-12-13-19(14-17(16)2)29-25(31)23(22(28-29)15-32-3)27-26-21-11-7-10-20(24(21)30)18-8-5-4-6-9-18;1-9-4-5-12(6-10(9)2)15-13(16)7-11(14-15)8-17-3/h4-14,28,30H,15H2,1-3H3;4-6H,7-8H2,1-3H3. The van der Waals surface area contributed by atoms with Gasteiger partial charge in [-0.05, 0) is 85.8 Å². The van der Waals surface area contributed by atoms with Crippen molar-refractivity contribution in [2.75, 3.05) is 25.8 Å². The van der Waals surface area contributed by atoms with Crippen LogP contribution in [0.15, 0.2) is 105 Å². The van der Waals surface area contributed by atoms with Gasteiger partial charge < -0.3 is 14.6 Å². The molecule has 0 saturated heterocycles. The van der Waals surface area contributed by atoms with Crippen molar-refractivity contribution in [3.05, 3.63) is 123 Å². The van der Waals surface area contributed by atoms with E-state index in [1.54, 1.807) is 26.4 Å². The van der Waals surface area contributed by atoms with Gasteiger partial charge in [-0.1, -0.05) is 54.6 Å². The number of amides is 1. The third kappa shape index (κ3) is 7.91. The maximum absolute atomic E-state index is 13.1. The minimum atomic E-state index is -0.345. The molecule has 0 aliphatic carbocycles. The van der Waals surface area contributed by atoms with Crippen LogP contribution in [-0.2, 0) is 20.9 Å². The molecule has 0 fully saturated rings.